The molecule has 104 valence electrons. The lowest BCUT2D eigenvalue weighted by atomic mass is 10.2. The van der Waals surface area contributed by atoms with Crippen molar-refractivity contribution in [3.63, 3.8) is 0 Å². The van der Waals surface area contributed by atoms with Gasteiger partial charge >= 0.3 is 0 Å². The van der Waals surface area contributed by atoms with Crippen molar-refractivity contribution in [1.29, 1.82) is 0 Å². The maximum Gasteiger partial charge on any atom is 0.244 e. The molecule has 4 heteroatoms. The Bertz CT molecular complexity index is 535. The SMILES string of the molecule is O=C(C=Cc1ccccc1)NC1CC(=O)N(C2CC2)C1. The van der Waals surface area contributed by atoms with Crippen molar-refractivity contribution in [2.24, 2.45) is 0 Å². The zero-order chi connectivity index (χ0) is 13.9. The number of nitrogens with one attached hydrogen (secondary N) is 1. The van der Waals surface area contributed by atoms with E-state index in [2.05, 4.69) is 5.32 Å². The molecule has 4 nitrogen and oxygen atoms in total. The van der Waals surface area contributed by atoms with Gasteiger partial charge in [-0.2, -0.15) is 0 Å². The summed E-state index contributed by atoms with van der Waals surface area (Å²) in [5, 5.41) is 2.90. The van der Waals surface area contributed by atoms with E-state index >= 15 is 0 Å². The van der Waals surface area contributed by atoms with E-state index in [1.54, 1.807) is 6.08 Å². The molecule has 0 radical (unpaired) electrons. The Kier molecular flexibility index (Phi) is 3.54. The van der Waals surface area contributed by atoms with Gasteiger partial charge in [0.25, 0.3) is 0 Å². The first-order chi connectivity index (χ1) is 9.72. The Morgan fingerprint density at radius 1 is 1.25 bits per heavy atom. The minimum atomic E-state index is -0.135. The first-order valence-corrected chi connectivity index (χ1v) is 7.05. The quantitative estimate of drug-likeness (QED) is 0.844. The van der Waals surface area contributed by atoms with Gasteiger partial charge in [0.05, 0.1) is 6.04 Å². The number of carbonyl (C=O) groups excluding carboxylic acids is 2. The van der Waals surface area contributed by atoms with Crippen molar-refractivity contribution >= 4 is 17.9 Å². The minimum absolute atomic E-state index is 0.0453. The Balaban J connectivity index is 1.52. The number of hydrogen-bond acceptors (Lipinski definition) is 2. The molecule has 1 saturated heterocycles. The van der Waals surface area contributed by atoms with Crippen LogP contribution in [0.2, 0.25) is 0 Å². The second kappa shape index (κ2) is 5.49. The van der Waals surface area contributed by atoms with Gasteiger partial charge in [-0.15, -0.1) is 0 Å². The third-order valence-electron chi connectivity index (χ3n) is 3.72. The molecule has 1 unspecified atom stereocenters. The van der Waals surface area contributed by atoms with Crippen molar-refractivity contribution in [3.8, 4) is 0 Å². The molecule has 1 heterocycles. The monoisotopic (exact) mass is 270 g/mol. The largest absolute Gasteiger partial charge is 0.348 e. The molecule has 0 aromatic heterocycles. The molecule has 1 aliphatic heterocycles. The number of carbonyl (C=O) groups is 2. The molecule has 1 aromatic rings. The van der Waals surface area contributed by atoms with E-state index in [9.17, 15) is 9.59 Å². The van der Waals surface area contributed by atoms with E-state index in [0.717, 1.165) is 18.4 Å². The zero-order valence-corrected chi connectivity index (χ0v) is 11.3. The van der Waals surface area contributed by atoms with Crippen LogP contribution < -0.4 is 5.32 Å². The van der Waals surface area contributed by atoms with Crippen molar-refractivity contribution < 1.29 is 9.59 Å². The Hall–Kier alpha value is -2.10. The fraction of sp³-hybridized carbons (Fsp3) is 0.375. The lowest BCUT2D eigenvalue weighted by Crippen LogP contribution is -2.36. The fourth-order valence-electron chi connectivity index (χ4n) is 2.55. The molecule has 2 aliphatic rings. The molecule has 1 atom stereocenters. The smallest absolute Gasteiger partial charge is 0.244 e. The van der Waals surface area contributed by atoms with Crippen molar-refractivity contribution in [2.75, 3.05) is 6.54 Å². The van der Waals surface area contributed by atoms with Crippen LogP contribution in [0, 0.1) is 0 Å². The van der Waals surface area contributed by atoms with Crippen LogP contribution >= 0.6 is 0 Å². The molecule has 2 amide bonds. The molecule has 0 spiro atoms. The normalized spacial score (nSPS) is 22.5. The lowest BCUT2D eigenvalue weighted by molar-refractivity contribution is -0.128. The second-order valence-corrected chi connectivity index (χ2v) is 5.43. The van der Waals surface area contributed by atoms with E-state index in [1.165, 1.54) is 6.08 Å². The van der Waals surface area contributed by atoms with E-state index in [1.807, 2.05) is 35.2 Å². The first-order valence-electron chi connectivity index (χ1n) is 7.05. The molecule has 3 rings (SSSR count). The Labute approximate surface area is 118 Å². The summed E-state index contributed by atoms with van der Waals surface area (Å²) in [7, 11) is 0. The van der Waals surface area contributed by atoms with E-state index in [-0.39, 0.29) is 17.9 Å². The molecule has 2 fully saturated rings. The van der Waals surface area contributed by atoms with Crippen molar-refractivity contribution in [3.05, 3.63) is 42.0 Å². The Morgan fingerprint density at radius 3 is 2.70 bits per heavy atom. The van der Waals surface area contributed by atoms with Gasteiger partial charge < -0.3 is 10.2 Å². The van der Waals surface area contributed by atoms with Gasteiger partial charge in [0.1, 0.15) is 0 Å². The maximum atomic E-state index is 11.8. The number of nitrogens with zero attached hydrogens (tertiary/aromatic N) is 1. The van der Waals surface area contributed by atoms with Gasteiger partial charge in [0.15, 0.2) is 0 Å². The van der Waals surface area contributed by atoms with Gasteiger partial charge in [-0.3, -0.25) is 9.59 Å². The molecule has 0 bridgehead atoms. The highest BCUT2D eigenvalue weighted by Crippen LogP contribution is 2.30. The highest BCUT2D eigenvalue weighted by atomic mass is 16.2. The number of amides is 2. The third kappa shape index (κ3) is 3.07. The van der Waals surface area contributed by atoms with Crippen LogP contribution in [0.25, 0.3) is 6.08 Å². The van der Waals surface area contributed by atoms with Gasteiger partial charge in [0.2, 0.25) is 11.8 Å². The second-order valence-electron chi connectivity index (χ2n) is 5.43. The zero-order valence-electron chi connectivity index (χ0n) is 11.3. The van der Waals surface area contributed by atoms with Crippen LogP contribution in [0.15, 0.2) is 36.4 Å². The molecule has 1 saturated carbocycles. The third-order valence-corrected chi connectivity index (χ3v) is 3.72. The lowest BCUT2D eigenvalue weighted by Gasteiger charge is -2.15. The number of rotatable bonds is 4. The average Bonchev–Trinajstić information content (AvgIpc) is 3.22. The molecule has 1 N–H and O–H groups in total. The predicted octanol–water partition coefficient (Wildman–Crippen LogP) is 1.58. The highest BCUT2D eigenvalue weighted by molar-refractivity contribution is 5.92. The van der Waals surface area contributed by atoms with Crippen LogP contribution in [0.4, 0.5) is 0 Å². The van der Waals surface area contributed by atoms with Crippen LogP contribution in [0.5, 0.6) is 0 Å². The number of benzene rings is 1. The fourth-order valence-corrected chi connectivity index (χ4v) is 2.55. The molecule has 20 heavy (non-hydrogen) atoms. The maximum absolute atomic E-state index is 11.8. The molecular weight excluding hydrogens is 252 g/mol. The summed E-state index contributed by atoms with van der Waals surface area (Å²) < 4.78 is 0. The average molecular weight is 270 g/mol. The van der Waals surface area contributed by atoms with Crippen LogP contribution in [-0.2, 0) is 9.59 Å². The molecule has 1 aromatic carbocycles. The van der Waals surface area contributed by atoms with E-state index in [4.69, 9.17) is 0 Å². The van der Waals surface area contributed by atoms with Gasteiger partial charge in [-0.05, 0) is 24.5 Å². The predicted molar refractivity (Wildman–Crippen MR) is 76.8 cm³/mol. The summed E-state index contributed by atoms with van der Waals surface area (Å²) >= 11 is 0. The summed E-state index contributed by atoms with van der Waals surface area (Å²) in [6.07, 6.45) is 5.96. The standard InChI is InChI=1S/C16H18N2O2/c19-15(9-6-12-4-2-1-3-5-12)17-13-10-16(20)18(11-13)14-7-8-14/h1-6,9,13-14H,7-8,10-11H2,(H,17,19). The van der Waals surface area contributed by atoms with E-state index < -0.39 is 0 Å². The highest BCUT2D eigenvalue weighted by Gasteiger charge is 2.39. The first kappa shape index (κ1) is 12.9. The minimum Gasteiger partial charge on any atom is -0.348 e. The topological polar surface area (TPSA) is 49.4 Å². The molecular formula is C16H18N2O2. The summed E-state index contributed by atoms with van der Waals surface area (Å²) in [5.41, 5.74) is 0.991. The van der Waals surface area contributed by atoms with E-state index in [0.29, 0.717) is 19.0 Å². The van der Waals surface area contributed by atoms with Gasteiger partial charge in [-0.1, -0.05) is 30.3 Å². The summed E-state index contributed by atoms with van der Waals surface area (Å²) in [4.78, 5) is 25.5. The van der Waals surface area contributed by atoms with Crippen molar-refractivity contribution in [2.45, 2.75) is 31.3 Å². The van der Waals surface area contributed by atoms with Crippen LogP contribution in [-0.4, -0.2) is 35.3 Å². The number of likely N-dealkylation sites (tertiary alicyclic amines) is 1. The summed E-state index contributed by atoms with van der Waals surface area (Å²) in [5.74, 6) is 0.0362. The summed E-state index contributed by atoms with van der Waals surface area (Å²) in [6.45, 7) is 0.661. The van der Waals surface area contributed by atoms with Gasteiger partial charge in [0, 0.05) is 25.1 Å². The van der Waals surface area contributed by atoms with Crippen LogP contribution in [0.3, 0.4) is 0 Å². The van der Waals surface area contributed by atoms with Crippen LogP contribution in [0.1, 0.15) is 24.8 Å². The van der Waals surface area contributed by atoms with Crippen molar-refractivity contribution in [1.82, 2.24) is 10.2 Å². The number of hydrogen-bond donors (Lipinski definition) is 1. The van der Waals surface area contributed by atoms with Gasteiger partial charge in [-0.25, -0.2) is 0 Å². The summed E-state index contributed by atoms with van der Waals surface area (Å²) in [6, 6.07) is 10.1. The molecule has 1 aliphatic carbocycles. The Morgan fingerprint density at radius 2 is 2.00 bits per heavy atom.